The van der Waals surface area contributed by atoms with Gasteiger partial charge in [0.05, 0.1) is 12.2 Å². The van der Waals surface area contributed by atoms with E-state index < -0.39 is 19.4 Å². The molecular weight excluding hydrogens is 370 g/mol. The monoisotopic (exact) mass is 400 g/mol. The summed E-state index contributed by atoms with van der Waals surface area (Å²) >= 11 is 0. The summed E-state index contributed by atoms with van der Waals surface area (Å²) in [6.45, 7) is 4.47. The van der Waals surface area contributed by atoms with Crippen LogP contribution in [0.1, 0.15) is 34.6 Å². The number of benzene rings is 1. The highest BCUT2D eigenvalue weighted by atomic mass is 19.1. The fourth-order valence-electron chi connectivity index (χ4n) is 5.02. The van der Waals surface area contributed by atoms with Crippen molar-refractivity contribution in [3.63, 3.8) is 0 Å². The summed E-state index contributed by atoms with van der Waals surface area (Å²) in [5, 5.41) is 5.65. The standard InChI is InChI=1S/C23H30F2N4/c1-15-8-16(2)23-20(4-6-26-23)21(15)9-17-5-7-29(19(10-24)11-25)14-22(17)18-12-27-28(3)13-18/h4,6,8,12-13,17,19,22,26H,5,7,9-11,14H2,1-3H3. The minimum Gasteiger partial charge on any atom is -0.361 e. The number of rotatable bonds is 6. The van der Waals surface area contributed by atoms with Gasteiger partial charge in [0, 0.05) is 42.8 Å². The number of piperidine rings is 1. The van der Waals surface area contributed by atoms with Crippen LogP contribution in [0.25, 0.3) is 10.9 Å². The molecule has 0 radical (unpaired) electrons. The summed E-state index contributed by atoms with van der Waals surface area (Å²) in [6.07, 6.45) is 7.86. The van der Waals surface area contributed by atoms with Crippen molar-refractivity contribution in [1.29, 1.82) is 0 Å². The van der Waals surface area contributed by atoms with Crippen LogP contribution in [0, 0.1) is 19.8 Å². The van der Waals surface area contributed by atoms with Gasteiger partial charge in [0.15, 0.2) is 0 Å². The molecule has 2 aromatic heterocycles. The van der Waals surface area contributed by atoms with Crippen molar-refractivity contribution < 1.29 is 8.78 Å². The smallest absolute Gasteiger partial charge is 0.107 e. The highest BCUT2D eigenvalue weighted by Crippen LogP contribution is 2.38. The van der Waals surface area contributed by atoms with Crippen LogP contribution >= 0.6 is 0 Å². The molecule has 0 amide bonds. The number of H-pyrrole nitrogens is 1. The van der Waals surface area contributed by atoms with Gasteiger partial charge < -0.3 is 4.98 Å². The molecule has 29 heavy (non-hydrogen) atoms. The quantitative estimate of drug-likeness (QED) is 0.663. The van der Waals surface area contributed by atoms with E-state index in [1.165, 1.54) is 27.6 Å². The van der Waals surface area contributed by atoms with Crippen molar-refractivity contribution in [2.75, 3.05) is 26.4 Å². The van der Waals surface area contributed by atoms with E-state index in [2.05, 4.69) is 42.3 Å². The predicted molar refractivity (Wildman–Crippen MR) is 113 cm³/mol. The number of fused-ring (bicyclic) bond motifs is 1. The molecule has 4 nitrogen and oxygen atoms in total. The molecule has 156 valence electrons. The van der Waals surface area contributed by atoms with Gasteiger partial charge in [-0.1, -0.05) is 6.07 Å². The van der Waals surface area contributed by atoms with Crippen molar-refractivity contribution in [3.8, 4) is 0 Å². The molecule has 4 rings (SSSR count). The van der Waals surface area contributed by atoms with Crippen molar-refractivity contribution in [2.45, 2.75) is 38.6 Å². The van der Waals surface area contributed by atoms with Gasteiger partial charge in [0.2, 0.25) is 0 Å². The lowest BCUT2D eigenvalue weighted by atomic mass is 9.77. The van der Waals surface area contributed by atoms with Gasteiger partial charge in [0.1, 0.15) is 13.3 Å². The van der Waals surface area contributed by atoms with Crippen molar-refractivity contribution in [1.82, 2.24) is 19.7 Å². The van der Waals surface area contributed by atoms with Gasteiger partial charge in [-0.2, -0.15) is 5.10 Å². The molecule has 1 aromatic carbocycles. The summed E-state index contributed by atoms with van der Waals surface area (Å²) < 4.78 is 28.5. The molecular formula is C23H30F2N4. The number of aryl methyl sites for hydroxylation is 3. The highest BCUT2D eigenvalue weighted by molar-refractivity contribution is 5.87. The Hall–Kier alpha value is -2.21. The summed E-state index contributed by atoms with van der Waals surface area (Å²) in [5.74, 6) is 0.627. The first-order chi connectivity index (χ1) is 14.0. The van der Waals surface area contributed by atoms with Crippen LogP contribution in [0.15, 0.2) is 30.7 Å². The number of halogens is 2. The van der Waals surface area contributed by atoms with Gasteiger partial charge in [-0.25, -0.2) is 8.78 Å². The topological polar surface area (TPSA) is 36.9 Å². The lowest BCUT2D eigenvalue weighted by Gasteiger charge is -2.41. The number of hydrogen-bond donors (Lipinski definition) is 1. The molecule has 2 atom stereocenters. The van der Waals surface area contributed by atoms with Crippen molar-refractivity contribution in [2.24, 2.45) is 13.0 Å². The Morgan fingerprint density at radius 3 is 2.72 bits per heavy atom. The number of nitrogens with one attached hydrogen (secondary N) is 1. The molecule has 1 N–H and O–H groups in total. The molecule has 1 aliphatic heterocycles. The number of aromatic nitrogens is 3. The Morgan fingerprint density at radius 2 is 2.03 bits per heavy atom. The normalized spacial score (nSPS) is 20.8. The number of alkyl halides is 2. The first-order valence-electron chi connectivity index (χ1n) is 10.4. The zero-order chi connectivity index (χ0) is 20.5. The second-order valence-electron chi connectivity index (χ2n) is 8.52. The molecule has 0 spiro atoms. The Labute approximate surface area is 170 Å². The second kappa shape index (κ2) is 8.27. The third-order valence-corrected chi connectivity index (χ3v) is 6.65. The number of hydrogen-bond acceptors (Lipinski definition) is 2. The van der Waals surface area contributed by atoms with Gasteiger partial charge in [-0.3, -0.25) is 9.58 Å². The molecule has 1 aliphatic rings. The fraction of sp³-hybridized carbons (Fsp3) is 0.522. The van der Waals surface area contributed by atoms with Crippen LogP contribution in [-0.4, -0.2) is 52.1 Å². The summed E-state index contributed by atoms with van der Waals surface area (Å²) in [5.41, 5.74) is 6.32. The third-order valence-electron chi connectivity index (χ3n) is 6.65. The Morgan fingerprint density at radius 1 is 1.24 bits per heavy atom. The van der Waals surface area contributed by atoms with E-state index in [4.69, 9.17) is 0 Å². The maximum absolute atomic E-state index is 13.3. The largest absolute Gasteiger partial charge is 0.361 e. The van der Waals surface area contributed by atoms with E-state index in [9.17, 15) is 8.78 Å². The second-order valence-corrected chi connectivity index (χ2v) is 8.52. The molecule has 2 unspecified atom stereocenters. The van der Waals surface area contributed by atoms with Gasteiger partial charge >= 0.3 is 0 Å². The van der Waals surface area contributed by atoms with Crippen LogP contribution in [-0.2, 0) is 13.5 Å². The molecule has 3 heterocycles. The SMILES string of the molecule is Cc1cc(C)c2[nH]ccc2c1CC1CCN(C(CF)CF)CC1c1cnn(C)c1. The molecule has 1 fully saturated rings. The van der Waals surface area contributed by atoms with E-state index >= 15 is 0 Å². The van der Waals surface area contributed by atoms with Crippen LogP contribution in [0.4, 0.5) is 8.78 Å². The minimum absolute atomic E-state index is 0.216. The van der Waals surface area contributed by atoms with E-state index in [0.717, 1.165) is 24.9 Å². The van der Waals surface area contributed by atoms with Crippen molar-refractivity contribution in [3.05, 3.63) is 53.0 Å². The summed E-state index contributed by atoms with van der Waals surface area (Å²) in [6, 6.07) is 3.79. The molecule has 3 aromatic rings. The lowest BCUT2D eigenvalue weighted by Crippen LogP contribution is -2.47. The average molecular weight is 401 g/mol. The number of nitrogens with zero attached hydrogens (tertiary/aromatic N) is 3. The first kappa shape index (κ1) is 20.1. The van der Waals surface area contributed by atoms with Crippen molar-refractivity contribution >= 4 is 10.9 Å². The zero-order valence-corrected chi connectivity index (χ0v) is 17.5. The highest BCUT2D eigenvalue weighted by Gasteiger charge is 2.34. The van der Waals surface area contributed by atoms with Gasteiger partial charge in [-0.15, -0.1) is 0 Å². The van der Waals surface area contributed by atoms with E-state index in [0.29, 0.717) is 12.5 Å². The van der Waals surface area contributed by atoms with Crippen LogP contribution in [0.2, 0.25) is 0 Å². The molecule has 6 heteroatoms. The Kier molecular flexibility index (Phi) is 5.72. The first-order valence-corrected chi connectivity index (χ1v) is 10.4. The van der Waals surface area contributed by atoms with E-state index in [1.54, 1.807) is 0 Å². The van der Waals surface area contributed by atoms with Crippen LogP contribution in [0.3, 0.4) is 0 Å². The molecule has 1 saturated heterocycles. The van der Waals surface area contributed by atoms with E-state index in [1.807, 2.05) is 29.0 Å². The van der Waals surface area contributed by atoms with Gasteiger partial charge in [-0.05, 0) is 67.5 Å². The fourth-order valence-corrected chi connectivity index (χ4v) is 5.02. The van der Waals surface area contributed by atoms with Crippen LogP contribution < -0.4 is 0 Å². The third kappa shape index (κ3) is 3.82. The Balaban J connectivity index is 1.66. The van der Waals surface area contributed by atoms with E-state index in [-0.39, 0.29) is 5.92 Å². The van der Waals surface area contributed by atoms with Crippen LogP contribution in [0.5, 0.6) is 0 Å². The maximum atomic E-state index is 13.3. The summed E-state index contributed by atoms with van der Waals surface area (Å²) in [4.78, 5) is 5.36. The molecule has 0 aliphatic carbocycles. The molecule has 0 saturated carbocycles. The maximum Gasteiger partial charge on any atom is 0.107 e. The molecule has 0 bridgehead atoms. The van der Waals surface area contributed by atoms with Gasteiger partial charge in [0.25, 0.3) is 0 Å². The Bertz CT molecular complexity index is 973. The zero-order valence-electron chi connectivity index (χ0n) is 17.5. The average Bonchev–Trinajstić information content (AvgIpc) is 3.36. The number of aromatic amines is 1. The predicted octanol–water partition coefficient (Wildman–Crippen LogP) is 4.47. The summed E-state index contributed by atoms with van der Waals surface area (Å²) in [7, 11) is 1.92. The lowest BCUT2D eigenvalue weighted by molar-refractivity contribution is 0.0815. The minimum atomic E-state index is -0.637. The number of likely N-dealkylation sites (tertiary alicyclic amines) is 1.